The van der Waals surface area contributed by atoms with Gasteiger partial charge < -0.3 is 5.32 Å². The van der Waals surface area contributed by atoms with Crippen molar-refractivity contribution in [2.75, 3.05) is 0 Å². The Kier molecular flexibility index (Phi) is 4.16. The Morgan fingerprint density at radius 3 is 2.44 bits per heavy atom. The highest BCUT2D eigenvalue weighted by atomic mass is 35.5. The molecule has 32 heavy (non-hydrogen) atoms. The number of aromatic nitrogens is 5. The quantitative estimate of drug-likeness (QED) is 0.505. The normalized spacial score (nSPS) is 23.2. The zero-order valence-electron chi connectivity index (χ0n) is 17.1. The number of carbonyl (C=O) groups excluding carboxylic acids is 1. The molecule has 7 nitrogen and oxygen atoms in total. The highest BCUT2D eigenvalue weighted by Crippen LogP contribution is 2.67. The number of benzene rings is 2. The molecule has 4 aromatic rings. The minimum atomic E-state index is -0.181. The minimum absolute atomic E-state index is 0.0341. The van der Waals surface area contributed by atoms with Crippen LogP contribution in [-0.2, 0) is 5.41 Å². The molecule has 2 bridgehead atoms. The molecule has 0 radical (unpaired) electrons. The van der Waals surface area contributed by atoms with Gasteiger partial charge in [0, 0.05) is 22.7 Å². The van der Waals surface area contributed by atoms with Crippen LogP contribution >= 0.6 is 11.6 Å². The number of hydrogen-bond acceptors (Lipinski definition) is 5. The van der Waals surface area contributed by atoms with Crippen molar-refractivity contribution < 1.29 is 4.79 Å². The van der Waals surface area contributed by atoms with E-state index in [9.17, 15) is 4.79 Å². The molecule has 1 amide bonds. The summed E-state index contributed by atoms with van der Waals surface area (Å²) in [6, 6.07) is 18.8. The number of rotatable bonds is 5. The van der Waals surface area contributed by atoms with E-state index < -0.39 is 0 Å². The predicted molar refractivity (Wildman–Crippen MR) is 120 cm³/mol. The van der Waals surface area contributed by atoms with Gasteiger partial charge in [0.25, 0.3) is 5.91 Å². The highest BCUT2D eigenvalue weighted by molar-refractivity contribution is 6.32. The van der Waals surface area contributed by atoms with Crippen molar-refractivity contribution in [3.63, 3.8) is 0 Å². The third kappa shape index (κ3) is 2.85. The maximum atomic E-state index is 12.7. The number of nitrogens with zero attached hydrogens (tertiary/aromatic N) is 5. The van der Waals surface area contributed by atoms with Crippen molar-refractivity contribution in [1.29, 1.82) is 0 Å². The predicted octanol–water partition coefficient (Wildman–Crippen LogP) is 3.98. The number of carbonyl (C=O) groups is 1. The molecule has 0 atom stereocenters. The first kappa shape index (κ1) is 19.1. The summed E-state index contributed by atoms with van der Waals surface area (Å²) >= 11 is 6.57. The molecular formula is C24H19ClN6O. The van der Waals surface area contributed by atoms with Gasteiger partial charge in [-0.25, -0.2) is 9.97 Å². The van der Waals surface area contributed by atoms with Crippen molar-refractivity contribution >= 4 is 17.5 Å². The summed E-state index contributed by atoms with van der Waals surface area (Å²) in [5.74, 6) is 1.45. The molecular weight excluding hydrogens is 424 g/mol. The monoisotopic (exact) mass is 442 g/mol. The van der Waals surface area contributed by atoms with Gasteiger partial charge >= 0.3 is 0 Å². The van der Waals surface area contributed by atoms with Gasteiger partial charge in [0.05, 0.1) is 10.7 Å². The molecule has 2 heterocycles. The average Bonchev–Trinajstić information content (AvgIpc) is 3.21. The molecule has 0 spiro atoms. The molecule has 2 aromatic carbocycles. The Balaban J connectivity index is 1.33. The van der Waals surface area contributed by atoms with Crippen molar-refractivity contribution in [2.45, 2.75) is 30.2 Å². The fourth-order valence-corrected chi connectivity index (χ4v) is 5.36. The fourth-order valence-electron chi connectivity index (χ4n) is 5.14. The van der Waals surface area contributed by atoms with Crippen LogP contribution in [0.4, 0.5) is 0 Å². The van der Waals surface area contributed by atoms with Crippen LogP contribution in [0.3, 0.4) is 0 Å². The van der Waals surface area contributed by atoms with Crippen LogP contribution in [0.5, 0.6) is 0 Å². The number of amides is 1. The van der Waals surface area contributed by atoms with E-state index >= 15 is 0 Å². The van der Waals surface area contributed by atoms with Gasteiger partial charge in [-0.1, -0.05) is 41.9 Å². The Bertz CT molecular complexity index is 1300. The molecule has 8 heteroatoms. The van der Waals surface area contributed by atoms with E-state index in [1.807, 2.05) is 65.2 Å². The molecule has 3 aliphatic carbocycles. The van der Waals surface area contributed by atoms with Gasteiger partial charge in [0.2, 0.25) is 0 Å². The first-order chi connectivity index (χ1) is 15.6. The van der Waals surface area contributed by atoms with Gasteiger partial charge in [-0.3, -0.25) is 9.36 Å². The Morgan fingerprint density at radius 2 is 1.72 bits per heavy atom. The number of halogens is 1. The lowest BCUT2D eigenvalue weighted by atomic mass is 9.39. The molecule has 0 saturated heterocycles. The van der Waals surface area contributed by atoms with Gasteiger partial charge in [-0.2, -0.15) is 0 Å². The smallest absolute Gasteiger partial charge is 0.251 e. The summed E-state index contributed by atoms with van der Waals surface area (Å²) in [7, 11) is 0. The van der Waals surface area contributed by atoms with Crippen molar-refractivity contribution in [1.82, 2.24) is 30.0 Å². The van der Waals surface area contributed by atoms with E-state index in [-0.39, 0.29) is 16.9 Å². The zero-order chi connectivity index (χ0) is 21.8. The van der Waals surface area contributed by atoms with Crippen molar-refractivity contribution in [3.8, 4) is 17.2 Å². The average molecular weight is 443 g/mol. The summed E-state index contributed by atoms with van der Waals surface area (Å²) in [4.78, 5) is 21.0. The van der Waals surface area contributed by atoms with Crippen LogP contribution in [0.25, 0.3) is 17.2 Å². The summed E-state index contributed by atoms with van der Waals surface area (Å²) < 4.78 is 2.01. The second-order valence-corrected chi connectivity index (χ2v) is 9.05. The standard InChI is InChI=1S/C24H19ClN6O/c25-17-8-4-5-9-19(17)31-20(18-10-11-26-15-27-18)29-30-22(31)23-12-24(13-23,14-23)28-21(32)16-6-2-1-3-7-16/h1-11,15H,12-14H2,(H,28,32). The Hall–Kier alpha value is -3.58. The molecule has 158 valence electrons. The molecule has 3 aliphatic rings. The molecule has 1 N–H and O–H groups in total. The third-order valence-corrected chi connectivity index (χ3v) is 6.81. The van der Waals surface area contributed by atoms with Crippen molar-refractivity contribution in [3.05, 3.63) is 89.6 Å². The van der Waals surface area contributed by atoms with Gasteiger partial charge in [0.1, 0.15) is 17.8 Å². The lowest BCUT2D eigenvalue weighted by molar-refractivity contribution is -0.0873. The highest BCUT2D eigenvalue weighted by Gasteiger charge is 2.71. The van der Waals surface area contributed by atoms with Crippen LogP contribution in [0.15, 0.2) is 73.2 Å². The first-order valence-corrected chi connectivity index (χ1v) is 10.8. The maximum absolute atomic E-state index is 12.7. The zero-order valence-corrected chi connectivity index (χ0v) is 17.8. The first-order valence-electron chi connectivity index (χ1n) is 10.4. The summed E-state index contributed by atoms with van der Waals surface area (Å²) in [6.45, 7) is 0. The fraction of sp³-hybridized carbons (Fsp3) is 0.208. The molecule has 0 aliphatic heterocycles. The lowest BCUT2D eigenvalue weighted by Crippen LogP contribution is -2.77. The minimum Gasteiger partial charge on any atom is -0.346 e. The maximum Gasteiger partial charge on any atom is 0.251 e. The number of para-hydroxylation sites is 1. The van der Waals surface area contributed by atoms with E-state index in [0.717, 1.165) is 30.8 Å². The van der Waals surface area contributed by atoms with Crippen LogP contribution in [0.2, 0.25) is 5.02 Å². The molecule has 7 rings (SSSR count). The topological polar surface area (TPSA) is 85.6 Å². The second kappa shape index (κ2) is 6.97. The Morgan fingerprint density at radius 1 is 0.969 bits per heavy atom. The number of hydrogen-bond donors (Lipinski definition) is 1. The van der Waals surface area contributed by atoms with Gasteiger partial charge in [-0.15, -0.1) is 10.2 Å². The SMILES string of the molecule is O=C(NC12CC(c3nnc(-c4ccncn4)n3-c3ccccc3Cl)(C1)C2)c1ccccc1. The molecule has 3 saturated carbocycles. The lowest BCUT2D eigenvalue weighted by Gasteiger charge is -2.69. The van der Waals surface area contributed by atoms with Crippen LogP contribution in [0.1, 0.15) is 35.4 Å². The third-order valence-electron chi connectivity index (χ3n) is 6.49. The summed E-state index contributed by atoms with van der Waals surface area (Å²) in [6.07, 6.45) is 5.65. The van der Waals surface area contributed by atoms with Crippen LogP contribution < -0.4 is 5.32 Å². The largest absolute Gasteiger partial charge is 0.346 e. The van der Waals surface area contributed by atoms with E-state index in [4.69, 9.17) is 11.6 Å². The molecule has 3 fully saturated rings. The summed E-state index contributed by atoms with van der Waals surface area (Å²) in [5, 5.41) is 12.9. The van der Waals surface area contributed by atoms with Gasteiger partial charge in [0.15, 0.2) is 5.82 Å². The summed E-state index contributed by atoms with van der Waals surface area (Å²) in [5.41, 5.74) is 1.85. The Labute approximate surface area is 189 Å². The van der Waals surface area contributed by atoms with Gasteiger partial charge in [-0.05, 0) is 49.6 Å². The molecule has 2 aromatic heterocycles. The van der Waals surface area contributed by atoms with E-state index in [0.29, 0.717) is 22.1 Å². The van der Waals surface area contributed by atoms with E-state index in [1.54, 1.807) is 6.20 Å². The van der Waals surface area contributed by atoms with Crippen LogP contribution in [0, 0.1) is 0 Å². The number of nitrogens with one attached hydrogen (secondary N) is 1. The van der Waals surface area contributed by atoms with Crippen LogP contribution in [-0.4, -0.2) is 36.2 Å². The van der Waals surface area contributed by atoms with Crippen molar-refractivity contribution in [2.24, 2.45) is 0 Å². The van der Waals surface area contributed by atoms with E-state index in [1.165, 1.54) is 6.33 Å². The second-order valence-electron chi connectivity index (χ2n) is 8.64. The molecule has 0 unspecified atom stereocenters. The van der Waals surface area contributed by atoms with E-state index in [2.05, 4.69) is 25.5 Å².